The standard InChI is InChI=1S/C12H19NO3S/c14-11(6-17-7-12(15)16)13-5-10-4-8-1-2-9(10)3-8/h8-10H,1-7H2,(H,13,14)(H,15,16). The number of hydrogen-bond donors (Lipinski definition) is 2. The Bertz CT molecular complexity index is 308. The van der Waals surface area contributed by atoms with Crippen LogP contribution in [0.2, 0.25) is 0 Å². The predicted molar refractivity (Wildman–Crippen MR) is 66.9 cm³/mol. The van der Waals surface area contributed by atoms with Crippen LogP contribution >= 0.6 is 11.8 Å². The van der Waals surface area contributed by atoms with Gasteiger partial charge in [-0.25, -0.2) is 0 Å². The maximum Gasteiger partial charge on any atom is 0.313 e. The van der Waals surface area contributed by atoms with Crippen LogP contribution in [0.5, 0.6) is 0 Å². The summed E-state index contributed by atoms with van der Waals surface area (Å²) in [5.41, 5.74) is 0. The molecule has 0 spiro atoms. The Morgan fingerprint density at radius 2 is 2.06 bits per heavy atom. The normalized spacial score (nSPS) is 30.5. The summed E-state index contributed by atoms with van der Waals surface area (Å²) in [6, 6.07) is 0. The number of nitrogens with one attached hydrogen (secondary N) is 1. The van der Waals surface area contributed by atoms with Gasteiger partial charge in [-0.1, -0.05) is 6.42 Å². The summed E-state index contributed by atoms with van der Waals surface area (Å²) in [6.07, 6.45) is 5.34. The Kier molecular flexibility index (Phi) is 4.31. The number of fused-ring (bicyclic) bond motifs is 2. The van der Waals surface area contributed by atoms with Crippen LogP contribution in [0.3, 0.4) is 0 Å². The lowest BCUT2D eigenvalue weighted by Crippen LogP contribution is -2.32. The van der Waals surface area contributed by atoms with Gasteiger partial charge in [0.15, 0.2) is 0 Å². The fourth-order valence-corrected chi connectivity index (χ4v) is 3.72. The van der Waals surface area contributed by atoms with E-state index >= 15 is 0 Å². The number of carboxylic acids is 1. The van der Waals surface area contributed by atoms with Crippen molar-refractivity contribution in [1.82, 2.24) is 5.32 Å². The van der Waals surface area contributed by atoms with Gasteiger partial charge in [-0.3, -0.25) is 9.59 Å². The van der Waals surface area contributed by atoms with Gasteiger partial charge in [-0.2, -0.15) is 0 Å². The number of rotatable bonds is 6. The first-order chi connectivity index (χ1) is 8.15. The van der Waals surface area contributed by atoms with Crippen LogP contribution in [0, 0.1) is 17.8 Å². The molecule has 0 aromatic heterocycles. The third kappa shape index (κ3) is 3.63. The lowest BCUT2D eigenvalue weighted by molar-refractivity contribution is -0.133. The van der Waals surface area contributed by atoms with Crippen LogP contribution in [0.1, 0.15) is 25.7 Å². The minimum atomic E-state index is -0.865. The Morgan fingerprint density at radius 3 is 2.65 bits per heavy atom. The van der Waals surface area contributed by atoms with E-state index in [1.54, 1.807) is 0 Å². The van der Waals surface area contributed by atoms with E-state index in [-0.39, 0.29) is 17.4 Å². The average molecular weight is 257 g/mol. The summed E-state index contributed by atoms with van der Waals surface area (Å²) < 4.78 is 0. The van der Waals surface area contributed by atoms with Crippen molar-refractivity contribution in [2.75, 3.05) is 18.1 Å². The Morgan fingerprint density at radius 1 is 1.24 bits per heavy atom. The number of carbonyl (C=O) groups excluding carboxylic acids is 1. The largest absolute Gasteiger partial charge is 0.481 e. The lowest BCUT2D eigenvalue weighted by atomic mass is 9.89. The molecule has 0 radical (unpaired) electrons. The molecule has 4 nitrogen and oxygen atoms in total. The predicted octanol–water partition coefficient (Wildman–Crippen LogP) is 1.36. The molecule has 5 heteroatoms. The summed E-state index contributed by atoms with van der Waals surface area (Å²) in [7, 11) is 0. The van der Waals surface area contributed by atoms with Crippen LogP contribution in [0.15, 0.2) is 0 Å². The molecule has 0 aromatic rings. The molecule has 1 amide bonds. The van der Waals surface area contributed by atoms with Gasteiger partial charge in [-0.05, 0) is 37.0 Å². The van der Waals surface area contributed by atoms with E-state index in [1.807, 2.05) is 0 Å². The number of amides is 1. The van der Waals surface area contributed by atoms with E-state index in [0.29, 0.717) is 5.92 Å². The minimum absolute atomic E-state index is 0.00154. The molecule has 2 aliphatic rings. The maximum absolute atomic E-state index is 11.5. The number of hydrogen-bond acceptors (Lipinski definition) is 3. The molecule has 0 heterocycles. The van der Waals surface area contributed by atoms with Crippen molar-refractivity contribution in [3.05, 3.63) is 0 Å². The van der Waals surface area contributed by atoms with E-state index < -0.39 is 5.97 Å². The van der Waals surface area contributed by atoms with E-state index in [4.69, 9.17) is 5.11 Å². The highest BCUT2D eigenvalue weighted by molar-refractivity contribution is 8.00. The molecule has 0 aliphatic heterocycles. The Balaban J connectivity index is 1.58. The van der Waals surface area contributed by atoms with Gasteiger partial charge in [0.25, 0.3) is 0 Å². The van der Waals surface area contributed by atoms with Crippen molar-refractivity contribution in [2.45, 2.75) is 25.7 Å². The highest BCUT2D eigenvalue weighted by atomic mass is 32.2. The van der Waals surface area contributed by atoms with Crippen LogP contribution in [-0.4, -0.2) is 35.0 Å². The van der Waals surface area contributed by atoms with Crippen molar-refractivity contribution < 1.29 is 14.7 Å². The first-order valence-electron chi connectivity index (χ1n) is 6.21. The minimum Gasteiger partial charge on any atom is -0.481 e. The molecule has 2 bridgehead atoms. The van der Waals surface area contributed by atoms with Gasteiger partial charge in [0.2, 0.25) is 5.91 Å². The molecule has 2 saturated carbocycles. The number of carboxylic acid groups (broad SMARTS) is 1. The molecular formula is C12H19NO3S. The molecule has 96 valence electrons. The van der Waals surface area contributed by atoms with Crippen LogP contribution in [0.25, 0.3) is 0 Å². The average Bonchev–Trinajstić information content (AvgIpc) is 2.87. The first kappa shape index (κ1) is 12.7. The third-order valence-corrected chi connectivity index (χ3v) is 4.82. The topological polar surface area (TPSA) is 66.4 Å². The molecule has 2 N–H and O–H groups in total. The van der Waals surface area contributed by atoms with Gasteiger partial charge in [0.1, 0.15) is 0 Å². The number of thioether (sulfide) groups is 1. The summed E-state index contributed by atoms with van der Waals surface area (Å²) >= 11 is 1.16. The maximum atomic E-state index is 11.5. The van der Waals surface area contributed by atoms with Crippen molar-refractivity contribution in [3.8, 4) is 0 Å². The van der Waals surface area contributed by atoms with Gasteiger partial charge in [0.05, 0.1) is 11.5 Å². The van der Waals surface area contributed by atoms with E-state index in [2.05, 4.69) is 5.32 Å². The highest BCUT2D eigenvalue weighted by Crippen LogP contribution is 2.47. The van der Waals surface area contributed by atoms with E-state index in [1.165, 1.54) is 25.7 Å². The zero-order valence-electron chi connectivity index (χ0n) is 9.85. The molecule has 2 rings (SSSR count). The van der Waals surface area contributed by atoms with Crippen molar-refractivity contribution in [2.24, 2.45) is 17.8 Å². The van der Waals surface area contributed by atoms with Crippen molar-refractivity contribution in [1.29, 1.82) is 0 Å². The zero-order valence-corrected chi connectivity index (χ0v) is 10.7. The molecule has 17 heavy (non-hydrogen) atoms. The zero-order chi connectivity index (χ0) is 12.3. The highest BCUT2D eigenvalue weighted by Gasteiger charge is 2.39. The van der Waals surface area contributed by atoms with Crippen LogP contribution in [-0.2, 0) is 9.59 Å². The second-order valence-corrected chi connectivity index (χ2v) is 6.11. The Hall–Kier alpha value is -0.710. The third-order valence-electron chi connectivity index (χ3n) is 3.90. The molecule has 3 atom stereocenters. The fraction of sp³-hybridized carbons (Fsp3) is 0.833. The summed E-state index contributed by atoms with van der Waals surface area (Å²) in [4.78, 5) is 21.7. The van der Waals surface area contributed by atoms with Gasteiger partial charge < -0.3 is 10.4 Å². The quantitative estimate of drug-likeness (QED) is 0.754. The Labute approximate surface area is 106 Å². The summed E-state index contributed by atoms with van der Waals surface area (Å²) in [5.74, 6) is 1.77. The van der Waals surface area contributed by atoms with Crippen LogP contribution in [0.4, 0.5) is 0 Å². The van der Waals surface area contributed by atoms with Gasteiger partial charge in [0, 0.05) is 6.54 Å². The lowest BCUT2D eigenvalue weighted by Gasteiger charge is -2.21. The summed E-state index contributed by atoms with van der Waals surface area (Å²) in [6.45, 7) is 0.785. The number of aliphatic carboxylic acids is 1. The first-order valence-corrected chi connectivity index (χ1v) is 7.37. The summed E-state index contributed by atoms with van der Waals surface area (Å²) in [5, 5.41) is 11.4. The monoisotopic (exact) mass is 257 g/mol. The van der Waals surface area contributed by atoms with Gasteiger partial charge >= 0.3 is 5.97 Å². The molecular weight excluding hydrogens is 238 g/mol. The molecule has 0 saturated heterocycles. The van der Waals surface area contributed by atoms with Crippen LogP contribution < -0.4 is 5.32 Å². The molecule has 2 fully saturated rings. The van der Waals surface area contributed by atoms with Crippen molar-refractivity contribution in [3.63, 3.8) is 0 Å². The molecule has 0 aromatic carbocycles. The number of carbonyl (C=O) groups is 2. The second kappa shape index (κ2) is 5.76. The van der Waals surface area contributed by atoms with Crippen molar-refractivity contribution >= 4 is 23.6 Å². The molecule has 3 unspecified atom stereocenters. The smallest absolute Gasteiger partial charge is 0.313 e. The van der Waals surface area contributed by atoms with Gasteiger partial charge in [-0.15, -0.1) is 11.8 Å². The fourth-order valence-electron chi connectivity index (χ4n) is 3.15. The second-order valence-electron chi connectivity index (χ2n) is 5.13. The molecule has 2 aliphatic carbocycles. The van der Waals surface area contributed by atoms with E-state index in [0.717, 1.165) is 30.1 Å². The van der Waals surface area contributed by atoms with E-state index in [9.17, 15) is 9.59 Å². The SMILES string of the molecule is O=C(O)CSCC(=O)NCC1CC2CCC1C2.